The van der Waals surface area contributed by atoms with E-state index < -0.39 is 10.1 Å². The molecule has 1 heterocycles. The SMILES string of the molecule is CC(=O)NCCc1ccc(S(=O)(=O)Oc2c(C)cc(C)cc2C)s1. The molecule has 1 N–H and O–H groups in total. The second kappa shape index (κ2) is 7.36. The lowest BCUT2D eigenvalue weighted by Crippen LogP contribution is -2.22. The molecule has 0 saturated heterocycles. The number of amides is 1. The Morgan fingerprint density at radius 1 is 1.17 bits per heavy atom. The van der Waals surface area contributed by atoms with Gasteiger partial charge in [0.2, 0.25) is 5.91 Å². The minimum Gasteiger partial charge on any atom is -0.378 e. The molecule has 0 aliphatic heterocycles. The summed E-state index contributed by atoms with van der Waals surface area (Å²) in [4.78, 5) is 11.7. The summed E-state index contributed by atoms with van der Waals surface area (Å²) in [5.41, 5.74) is 2.64. The summed E-state index contributed by atoms with van der Waals surface area (Å²) >= 11 is 1.16. The van der Waals surface area contributed by atoms with E-state index in [9.17, 15) is 13.2 Å². The van der Waals surface area contributed by atoms with E-state index in [1.807, 2.05) is 32.9 Å². The van der Waals surface area contributed by atoms with Crippen molar-refractivity contribution in [3.05, 3.63) is 45.8 Å². The van der Waals surface area contributed by atoms with Gasteiger partial charge < -0.3 is 9.50 Å². The predicted octanol–water partition coefficient (Wildman–Crippen LogP) is 3.12. The first-order chi connectivity index (χ1) is 11.2. The van der Waals surface area contributed by atoms with Gasteiger partial charge in [0.05, 0.1) is 0 Å². The van der Waals surface area contributed by atoms with Crippen molar-refractivity contribution < 1.29 is 17.4 Å². The molecule has 1 aromatic heterocycles. The number of thiophene rings is 1. The van der Waals surface area contributed by atoms with Gasteiger partial charge in [0.15, 0.2) is 4.21 Å². The van der Waals surface area contributed by atoms with E-state index in [-0.39, 0.29) is 10.1 Å². The van der Waals surface area contributed by atoms with Crippen LogP contribution >= 0.6 is 11.3 Å². The van der Waals surface area contributed by atoms with Crippen molar-refractivity contribution in [3.8, 4) is 5.75 Å². The fraction of sp³-hybridized carbons (Fsp3) is 0.353. The number of carbonyl (C=O) groups excluding carboxylic acids is 1. The molecule has 24 heavy (non-hydrogen) atoms. The zero-order valence-electron chi connectivity index (χ0n) is 14.2. The number of hydrogen-bond acceptors (Lipinski definition) is 5. The van der Waals surface area contributed by atoms with Crippen LogP contribution in [-0.2, 0) is 21.3 Å². The fourth-order valence-corrected chi connectivity index (χ4v) is 4.80. The van der Waals surface area contributed by atoms with Crippen LogP contribution in [0.25, 0.3) is 0 Å². The van der Waals surface area contributed by atoms with Gasteiger partial charge in [0.25, 0.3) is 0 Å². The number of aryl methyl sites for hydroxylation is 3. The van der Waals surface area contributed by atoms with Crippen LogP contribution < -0.4 is 9.50 Å². The van der Waals surface area contributed by atoms with E-state index in [2.05, 4.69) is 5.32 Å². The number of benzene rings is 1. The predicted molar refractivity (Wildman–Crippen MR) is 95.2 cm³/mol. The maximum absolute atomic E-state index is 12.5. The fourth-order valence-electron chi connectivity index (χ4n) is 2.44. The van der Waals surface area contributed by atoms with Crippen LogP contribution in [0.1, 0.15) is 28.5 Å². The third-order valence-electron chi connectivity index (χ3n) is 3.43. The third kappa shape index (κ3) is 4.58. The number of carbonyl (C=O) groups is 1. The van der Waals surface area contributed by atoms with Gasteiger partial charge in [-0.2, -0.15) is 8.42 Å². The molecule has 0 bridgehead atoms. The van der Waals surface area contributed by atoms with Crippen molar-refractivity contribution in [1.82, 2.24) is 5.32 Å². The summed E-state index contributed by atoms with van der Waals surface area (Å²) in [6.45, 7) is 7.55. The van der Waals surface area contributed by atoms with Crippen LogP contribution in [-0.4, -0.2) is 20.9 Å². The highest BCUT2D eigenvalue weighted by molar-refractivity contribution is 7.89. The molecule has 0 radical (unpaired) electrons. The highest BCUT2D eigenvalue weighted by Gasteiger charge is 2.21. The van der Waals surface area contributed by atoms with Crippen molar-refractivity contribution >= 4 is 27.4 Å². The summed E-state index contributed by atoms with van der Waals surface area (Å²) in [5, 5.41) is 2.69. The normalized spacial score (nSPS) is 11.3. The van der Waals surface area contributed by atoms with E-state index in [4.69, 9.17) is 4.18 Å². The first-order valence-corrected chi connectivity index (χ1v) is 9.77. The van der Waals surface area contributed by atoms with Crippen LogP contribution in [0.4, 0.5) is 0 Å². The molecule has 7 heteroatoms. The molecule has 5 nitrogen and oxygen atoms in total. The zero-order chi connectivity index (χ0) is 17.9. The maximum Gasteiger partial charge on any atom is 0.348 e. The molecule has 0 spiro atoms. The second-order valence-electron chi connectivity index (χ2n) is 5.72. The summed E-state index contributed by atoms with van der Waals surface area (Å²) < 4.78 is 30.5. The smallest absolute Gasteiger partial charge is 0.348 e. The van der Waals surface area contributed by atoms with Crippen LogP contribution in [0.2, 0.25) is 0 Å². The van der Waals surface area contributed by atoms with Crippen LogP contribution in [0.5, 0.6) is 5.75 Å². The summed E-state index contributed by atoms with van der Waals surface area (Å²) in [6.07, 6.45) is 0.586. The van der Waals surface area contributed by atoms with E-state index in [0.717, 1.165) is 32.9 Å². The standard InChI is InChI=1S/C17H21NO4S2/c1-11-9-12(2)17(13(3)10-11)22-24(20,21)16-6-5-15(23-16)7-8-18-14(4)19/h5-6,9-10H,7-8H2,1-4H3,(H,18,19). The minimum absolute atomic E-state index is 0.104. The Morgan fingerprint density at radius 3 is 2.38 bits per heavy atom. The van der Waals surface area contributed by atoms with Gasteiger partial charge in [-0.1, -0.05) is 17.7 Å². The Hall–Kier alpha value is -1.86. The lowest BCUT2D eigenvalue weighted by Gasteiger charge is -2.12. The van der Waals surface area contributed by atoms with Crippen molar-refractivity contribution in [2.75, 3.05) is 6.54 Å². The van der Waals surface area contributed by atoms with E-state index in [0.29, 0.717) is 18.7 Å². The summed E-state index contributed by atoms with van der Waals surface area (Å²) in [6, 6.07) is 7.08. The first-order valence-electron chi connectivity index (χ1n) is 7.54. The topological polar surface area (TPSA) is 72.5 Å². The molecule has 2 aromatic rings. The average molecular weight is 367 g/mol. The lowest BCUT2D eigenvalue weighted by molar-refractivity contribution is -0.118. The monoisotopic (exact) mass is 367 g/mol. The van der Waals surface area contributed by atoms with Crippen molar-refractivity contribution in [3.63, 3.8) is 0 Å². The second-order valence-corrected chi connectivity index (χ2v) is 8.66. The van der Waals surface area contributed by atoms with Gasteiger partial charge in [-0.05, 0) is 50.5 Å². The molecule has 1 aromatic carbocycles. The number of rotatable bonds is 6. The van der Waals surface area contributed by atoms with Crippen LogP contribution in [0.3, 0.4) is 0 Å². The Kier molecular flexibility index (Phi) is 5.66. The lowest BCUT2D eigenvalue weighted by atomic mass is 10.1. The molecule has 0 atom stereocenters. The zero-order valence-corrected chi connectivity index (χ0v) is 15.8. The highest BCUT2D eigenvalue weighted by Crippen LogP contribution is 2.30. The van der Waals surface area contributed by atoms with Gasteiger partial charge >= 0.3 is 10.1 Å². The first kappa shape index (κ1) is 18.5. The molecule has 0 aliphatic rings. The number of hydrogen-bond donors (Lipinski definition) is 1. The molecular weight excluding hydrogens is 346 g/mol. The largest absolute Gasteiger partial charge is 0.378 e. The van der Waals surface area contributed by atoms with Gasteiger partial charge in [-0.3, -0.25) is 4.79 Å². The summed E-state index contributed by atoms with van der Waals surface area (Å²) in [5.74, 6) is 0.279. The quantitative estimate of drug-likeness (QED) is 0.796. The molecule has 0 unspecified atom stereocenters. The average Bonchev–Trinajstić information content (AvgIpc) is 2.92. The van der Waals surface area contributed by atoms with Crippen molar-refractivity contribution in [2.45, 2.75) is 38.3 Å². The molecule has 0 aliphatic carbocycles. The van der Waals surface area contributed by atoms with Gasteiger partial charge in [0.1, 0.15) is 5.75 Å². The van der Waals surface area contributed by atoms with E-state index in [1.54, 1.807) is 12.1 Å². The van der Waals surface area contributed by atoms with Crippen molar-refractivity contribution in [1.29, 1.82) is 0 Å². The highest BCUT2D eigenvalue weighted by atomic mass is 32.3. The molecule has 0 fully saturated rings. The van der Waals surface area contributed by atoms with Gasteiger partial charge in [0, 0.05) is 18.3 Å². The number of nitrogens with one attached hydrogen (secondary N) is 1. The Bertz CT molecular complexity index is 830. The van der Waals surface area contributed by atoms with Gasteiger partial charge in [-0.25, -0.2) is 0 Å². The van der Waals surface area contributed by atoms with E-state index in [1.165, 1.54) is 6.92 Å². The molecular formula is C17H21NO4S2. The Labute approximate surface area is 146 Å². The van der Waals surface area contributed by atoms with Crippen LogP contribution in [0, 0.1) is 20.8 Å². The van der Waals surface area contributed by atoms with Crippen LogP contribution in [0.15, 0.2) is 28.5 Å². The molecule has 2 rings (SSSR count). The minimum atomic E-state index is -3.86. The Morgan fingerprint density at radius 2 is 1.79 bits per heavy atom. The summed E-state index contributed by atoms with van der Waals surface area (Å²) in [7, 11) is -3.86. The van der Waals surface area contributed by atoms with Crippen molar-refractivity contribution in [2.24, 2.45) is 0 Å². The Balaban J connectivity index is 2.17. The third-order valence-corrected chi connectivity index (χ3v) is 6.24. The molecule has 0 saturated carbocycles. The maximum atomic E-state index is 12.5. The van der Waals surface area contributed by atoms with E-state index >= 15 is 0 Å². The van der Waals surface area contributed by atoms with Gasteiger partial charge in [-0.15, -0.1) is 11.3 Å². The molecule has 130 valence electrons. The molecule has 1 amide bonds.